The molecule has 0 saturated heterocycles. The Hall–Kier alpha value is -2.31. The Labute approximate surface area is 233 Å². The summed E-state index contributed by atoms with van der Waals surface area (Å²) in [4.78, 5) is 9.59. The number of benzene rings is 1. The van der Waals surface area contributed by atoms with Gasteiger partial charge in [-0.15, -0.1) is 5.10 Å². The van der Waals surface area contributed by atoms with Crippen LogP contribution in [0, 0.1) is 11.8 Å². The summed E-state index contributed by atoms with van der Waals surface area (Å²) in [6, 6.07) is 10.2. The van der Waals surface area contributed by atoms with Crippen molar-refractivity contribution in [3.8, 4) is 0 Å². The number of nitrogens with zero attached hydrogens (tertiary/aromatic N) is 5. The van der Waals surface area contributed by atoms with Crippen molar-refractivity contribution in [2.45, 2.75) is 87.9 Å². The second-order valence-corrected chi connectivity index (χ2v) is 12.2. The number of rotatable bonds is 13. The molecule has 2 aliphatic rings. The molecule has 10 nitrogen and oxygen atoms in total. The van der Waals surface area contributed by atoms with Gasteiger partial charge in [0.25, 0.3) is 0 Å². The van der Waals surface area contributed by atoms with Crippen LogP contribution in [0.5, 0.6) is 0 Å². The quantitative estimate of drug-likeness (QED) is 0.183. The summed E-state index contributed by atoms with van der Waals surface area (Å²) in [5.74, 6) is 1.92. The zero-order valence-corrected chi connectivity index (χ0v) is 23.7. The molecular weight excluding hydrogens is 516 g/mol. The molecule has 3 aromatic rings. The topological polar surface area (TPSA) is 138 Å². The van der Waals surface area contributed by atoms with Crippen LogP contribution in [0.15, 0.2) is 35.5 Å². The van der Waals surface area contributed by atoms with E-state index in [0.29, 0.717) is 53.4 Å². The summed E-state index contributed by atoms with van der Waals surface area (Å²) in [5, 5.41) is 44.9. The number of fused-ring (bicyclic) bond motifs is 1. The Bertz CT molecular complexity index is 1230. The minimum absolute atomic E-state index is 0.0512. The molecular formula is C28H40N6O4S. The Morgan fingerprint density at radius 3 is 2.64 bits per heavy atom. The summed E-state index contributed by atoms with van der Waals surface area (Å²) >= 11 is 1.58. The van der Waals surface area contributed by atoms with Crippen LogP contribution in [0.2, 0.25) is 0 Å². The highest BCUT2D eigenvalue weighted by atomic mass is 32.2. The average molecular weight is 557 g/mol. The standard InChI is InChI=1S/C28H40N6O4S/c1-4-12-39-28-30-26(29-20-13-18(20)17-8-6-5-7-9-17)23-27(31-28)34(33-32-23)21-14-19(24(36)25(21)37)22(10-11-35)38-15-16(2)3/h5-9,16,18-22,24-25,35-37H,4,10-15H2,1-3H3,(H,29,30,31). The van der Waals surface area contributed by atoms with Crippen molar-refractivity contribution in [3.05, 3.63) is 35.9 Å². The summed E-state index contributed by atoms with van der Waals surface area (Å²) in [6.45, 7) is 6.70. The maximum atomic E-state index is 11.1. The van der Waals surface area contributed by atoms with Crippen molar-refractivity contribution in [3.63, 3.8) is 0 Å². The first-order valence-corrected chi connectivity index (χ1v) is 15.1. The van der Waals surface area contributed by atoms with E-state index in [1.54, 1.807) is 16.4 Å². The van der Waals surface area contributed by atoms with Crippen LogP contribution in [0.3, 0.4) is 0 Å². The molecule has 0 amide bonds. The van der Waals surface area contributed by atoms with Crippen LogP contribution in [-0.2, 0) is 4.74 Å². The van der Waals surface area contributed by atoms with Crippen LogP contribution in [0.25, 0.3) is 11.2 Å². The van der Waals surface area contributed by atoms with Crippen LogP contribution in [-0.4, -0.2) is 83.6 Å². The predicted molar refractivity (Wildman–Crippen MR) is 151 cm³/mol. The van der Waals surface area contributed by atoms with Crippen LogP contribution in [0.1, 0.15) is 64.0 Å². The third-order valence-electron chi connectivity index (χ3n) is 7.62. The fourth-order valence-electron chi connectivity index (χ4n) is 5.51. The second kappa shape index (κ2) is 12.5. The van der Waals surface area contributed by atoms with Crippen molar-refractivity contribution in [1.82, 2.24) is 25.0 Å². The van der Waals surface area contributed by atoms with Crippen molar-refractivity contribution in [2.24, 2.45) is 11.8 Å². The Balaban J connectivity index is 1.42. The number of anilines is 1. The van der Waals surface area contributed by atoms with Gasteiger partial charge >= 0.3 is 0 Å². The van der Waals surface area contributed by atoms with Gasteiger partial charge in [-0.05, 0) is 37.2 Å². The molecule has 2 saturated carbocycles. The SMILES string of the molecule is CCCSc1nc(NC2CC2c2ccccc2)c2nnn(C3CC(C(CCO)OCC(C)C)C(O)C3O)c2n1. The van der Waals surface area contributed by atoms with Crippen LogP contribution >= 0.6 is 11.8 Å². The Morgan fingerprint density at radius 2 is 1.92 bits per heavy atom. The molecule has 2 heterocycles. The summed E-state index contributed by atoms with van der Waals surface area (Å²) in [7, 11) is 0. The van der Waals surface area contributed by atoms with E-state index in [1.165, 1.54) is 5.56 Å². The fraction of sp³-hybridized carbons (Fsp3) is 0.643. The number of hydrogen-bond donors (Lipinski definition) is 4. The Morgan fingerprint density at radius 1 is 1.13 bits per heavy atom. The second-order valence-electron chi connectivity index (χ2n) is 11.1. The first-order valence-electron chi connectivity index (χ1n) is 14.1. The number of thioether (sulfide) groups is 1. The van der Waals surface area contributed by atoms with E-state index in [2.05, 4.69) is 60.7 Å². The number of ether oxygens (including phenoxy) is 1. The number of aromatic nitrogens is 5. The van der Waals surface area contributed by atoms with Gasteiger partial charge in [-0.25, -0.2) is 14.6 Å². The van der Waals surface area contributed by atoms with E-state index in [9.17, 15) is 15.3 Å². The zero-order chi connectivity index (χ0) is 27.5. The van der Waals surface area contributed by atoms with Gasteiger partial charge in [0.15, 0.2) is 22.1 Å². The molecule has 39 heavy (non-hydrogen) atoms. The molecule has 0 aliphatic heterocycles. The molecule has 5 rings (SSSR count). The highest BCUT2D eigenvalue weighted by Crippen LogP contribution is 2.44. The maximum absolute atomic E-state index is 11.1. The van der Waals surface area contributed by atoms with E-state index in [0.717, 1.165) is 18.6 Å². The average Bonchev–Trinajstić information content (AvgIpc) is 3.48. The molecule has 7 atom stereocenters. The van der Waals surface area contributed by atoms with E-state index < -0.39 is 18.2 Å². The normalized spacial score (nSPS) is 27.4. The molecule has 0 radical (unpaired) electrons. The summed E-state index contributed by atoms with van der Waals surface area (Å²) in [5.41, 5.74) is 2.40. The molecule has 1 aromatic carbocycles. The van der Waals surface area contributed by atoms with Crippen LogP contribution < -0.4 is 5.32 Å². The van der Waals surface area contributed by atoms with Gasteiger partial charge in [0.1, 0.15) is 6.10 Å². The number of hydrogen-bond acceptors (Lipinski definition) is 10. The highest BCUT2D eigenvalue weighted by Gasteiger charge is 2.47. The smallest absolute Gasteiger partial charge is 0.191 e. The van der Waals surface area contributed by atoms with Crippen molar-refractivity contribution >= 4 is 28.7 Å². The lowest BCUT2D eigenvalue weighted by Crippen LogP contribution is -2.36. The lowest BCUT2D eigenvalue weighted by Gasteiger charge is -2.27. The first kappa shape index (κ1) is 28.2. The molecule has 4 N–H and O–H groups in total. The minimum atomic E-state index is -1.06. The zero-order valence-electron chi connectivity index (χ0n) is 22.8. The lowest BCUT2D eigenvalue weighted by atomic mass is 9.95. The van der Waals surface area contributed by atoms with Crippen molar-refractivity contribution in [1.29, 1.82) is 0 Å². The predicted octanol–water partition coefficient (Wildman–Crippen LogP) is 3.40. The number of aliphatic hydroxyl groups excluding tert-OH is 3. The van der Waals surface area contributed by atoms with Gasteiger partial charge in [0.2, 0.25) is 0 Å². The maximum Gasteiger partial charge on any atom is 0.191 e. The van der Waals surface area contributed by atoms with Gasteiger partial charge in [0.05, 0.1) is 18.2 Å². The van der Waals surface area contributed by atoms with E-state index in [4.69, 9.17) is 14.7 Å². The first-order chi connectivity index (χ1) is 18.9. The summed E-state index contributed by atoms with van der Waals surface area (Å²) < 4.78 is 7.71. The third-order valence-corrected chi connectivity index (χ3v) is 8.68. The monoisotopic (exact) mass is 556 g/mol. The molecule has 0 bridgehead atoms. The van der Waals surface area contributed by atoms with Gasteiger partial charge < -0.3 is 25.4 Å². The Kier molecular flexibility index (Phi) is 9.02. The molecule has 11 heteroatoms. The largest absolute Gasteiger partial charge is 0.396 e. The van der Waals surface area contributed by atoms with Gasteiger partial charge in [-0.1, -0.05) is 68.1 Å². The van der Waals surface area contributed by atoms with E-state index >= 15 is 0 Å². The van der Waals surface area contributed by atoms with Crippen molar-refractivity contribution < 1.29 is 20.1 Å². The molecule has 2 aliphatic carbocycles. The van der Waals surface area contributed by atoms with Gasteiger partial charge in [-0.2, -0.15) is 0 Å². The number of nitrogens with one attached hydrogen (secondary N) is 1. The molecule has 7 unspecified atom stereocenters. The number of aliphatic hydroxyl groups is 3. The fourth-order valence-corrected chi connectivity index (χ4v) is 6.20. The minimum Gasteiger partial charge on any atom is -0.396 e. The van der Waals surface area contributed by atoms with Gasteiger partial charge in [0, 0.05) is 36.8 Å². The summed E-state index contributed by atoms with van der Waals surface area (Å²) in [6.07, 6.45) is 0.393. The van der Waals surface area contributed by atoms with E-state index in [1.807, 2.05) is 6.07 Å². The lowest BCUT2D eigenvalue weighted by molar-refractivity contribution is -0.0654. The third kappa shape index (κ3) is 6.22. The van der Waals surface area contributed by atoms with Gasteiger partial charge in [-0.3, -0.25) is 0 Å². The molecule has 2 aromatic heterocycles. The molecule has 0 spiro atoms. The van der Waals surface area contributed by atoms with Crippen molar-refractivity contribution in [2.75, 3.05) is 24.3 Å². The van der Waals surface area contributed by atoms with E-state index in [-0.39, 0.29) is 24.7 Å². The molecule has 2 fully saturated rings. The molecule has 212 valence electrons. The highest BCUT2D eigenvalue weighted by molar-refractivity contribution is 7.99. The van der Waals surface area contributed by atoms with Crippen LogP contribution in [0.4, 0.5) is 5.82 Å².